The summed E-state index contributed by atoms with van der Waals surface area (Å²) in [6.45, 7) is 8.05. The molecule has 1 atom stereocenters. The van der Waals surface area contributed by atoms with Gasteiger partial charge in [0.05, 0.1) is 5.52 Å². The number of carbonyl (C=O) groups excluding carboxylic acids is 1. The number of benzene rings is 1. The van der Waals surface area contributed by atoms with E-state index in [1.807, 2.05) is 45.0 Å². The second kappa shape index (κ2) is 12.0. The molecule has 0 bridgehead atoms. The molecule has 1 aromatic carbocycles. The minimum Gasteiger partial charge on any atom is -0.459 e. The van der Waals surface area contributed by atoms with Crippen LogP contribution in [0, 0.1) is 0 Å². The normalized spacial score (nSPS) is 11.6. The number of aromatic nitrogens is 1. The Hall–Kier alpha value is -1.52. The summed E-state index contributed by atoms with van der Waals surface area (Å²) in [5, 5.41) is 0.877. The summed E-state index contributed by atoms with van der Waals surface area (Å²) in [4.78, 5) is 25.5. The first-order chi connectivity index (χ1) is 12.0. The average molecular weight is 416 g/mol. The van der Waals surface area contributed by atoms with Crippen molar-refractivity contribution in [2.24, 2.45) is 0 Å². The number of halogens is 2. The van der Waals surface area contributed by atoms with Gasteiger partial charge in [0.15, 0.2) is 0 Å². The topological polar surface area (TPSA) is 48.3 Å². The maximum Gasteiger partial charge on any atom is 0.344 e. The first kappa shape index (κ1) is 25.5. The summed E-state index contributed by atoms with van der Waals surface area (Å²) in [5.41, 5.74) is 0.692. The average Bonchev–Trinajstić information content (AvgIpc) is 2.59. The number of rotatable bonds is 8. The van der Waals surface area contributed by atoms with Gasteiger partial charge in [-0.3, -0.25) is 4.79 Å². The van der Waals surface area contributed by atoms with E-state index in [0.717, 1.165) is 43.0 Å². The van der Waals surface area contributed by atoms with Gasteiger partial charge in [0.2, 0.25) is 0 Å². The van der Waals surface area contributed by atoms with Crippen molar-refractivity contribution >= 4 is 41.7 Å². The molecule has 4 nitrogen and oxygen atoms in total. The summed E-state index contributed by atoms with van der Waals surface area (Å²) in [5.74, 6) is -0.506. The third-order valence-corrected chi connectivity index (χ3v) is 4.54. The molecule has 0 fully saturated rings. The van der Waals surface area contributed by atoms with E-state index in [2.05, 4.69) is 6.92 Å². The van der Waals surface area contributed by atoms with Crippen LogP contribution in [0.15, 0.2) is 35.1 Å². The van der Waals surface area contributed by atoms with Crippen LogP contribution >= 0.6 is 24.8 Å². The lowest BCUT2D eigenvalue weighted by molar-refractivity contribution is 0.0264. The molecule has 0 aliphatic carbocycles. The van der Waals surface area contributed by atoms with Gasteiger partial charge < -0.3 is 9.30 Å². The Morgan fingerprint density at radius 3 is 2.37 bits per heavy atom. The zero-order chi connectivity index (χ0) is 18.4. The van der Waals surface area contributed by atoms with Gasteiger partial charge in [-0.1, -0.05) is 44.9 Å². The number of nitrogens with zero attached hydrogens (tertiary/aromatic N) is 1. The molecular weight excluding hydrogens is 385 g/mol. The number of hydrogen-bond acceptors (Lipinski definition) is 3. The summed E-state index contributed by atoms with van der Waals surface area (Å²) < 4.78 is 7.32. The van der Waals surface area contributed by atoms with E-state index >= 15 is 0 Å². The van der Waals surface area contributed by atoms with Crippen molar-refractivity contribution in [2.45, 2.75) is 71.9 Å². The Kier molecular flexibility index (Phi) is 11.4. The van der Waals surface area contributed by atoms with Gasteiger partial charge in [-0.15, -0.1) is 24.8 Å². The molecule has 1 aromatic heterocycles. The zero-order valence-corrected chi connectivity index (χ0v) is 18.2. The Morgan fingerprint density at radius 2 is 1.78 bits per heavy atom. The maximum atomic E-state index is 12.9. The SMILES string of the molecule is CCCCCC(CC)OC(=O)c1cc2ccccc2n(C(C)C)c1=O.Cl.Cl. The Bertz CT molecular complexity index is 787. The van der Waals surface area contributed by atoms with Crippen LogP contribution in [-0.2, 0) is 4.74 Å². The molecular formula is C21H31Cl2NO3. The van der Waals surface area contributed by atoms with E-state index < -0.39 is 5.97 Å². The van der Waals surface area contributed by atoms with Gasteiger partial charge in [0.1, 0.15) is 11.7 Å². The van der Waals surface area contributed by atoms with Crippen molar-refractivity contribution in [3.8, 4) is 0 Å². The van der Waals surface area contributed by atoms with Crippen molar-refractivity contribution in [1.29, 1.82) is 0 Å². The van der Waals surface area contributed by atoms with Crippen LogP contribution in [0.3, 0.4) is 0 Å². The van der Waals surface area contributed by atoms with Crippen molar-refractivity contribution in [3.05, 3.63) is 46.2 Å². The second-order valence-corrected chi connectivity index (χ2v) is 6.82. The number of fused-ring (bicyclic) bond motifs is 1. The number of unbranched alkanes of at least 4 members (excludes halogenated alkanes) is 2. The number of hydrogen-bond donors (Lipinski definition) is 0. The Balaban J connectivity index is 0.00000338. The van der Waals surface area contributed by atoms with E-state index in [9.17, 15) is 9.59 Å². The van der Waals surface area contributed by atoms with E-state index in [0.29, 0.717) is 0 Å². The highest BCUT2D eigenvalue weighted by molar-refractivity contribution is 5.94. The van der Waals surface area contributed by atoms with Crippen molar-refractivity contribution < 1.29 is 9.53 Å². The van der Waals surface area contributed by atoms with Gasteiger partial charge in [-0.25, -0.2) is 4.79 Å². The Morgan fingerprint density at radius 1 is 1.11 bits per heavy atom. The smallest absolute Gasteiger partial charge is 0.344 e. The fraction of sp³-hybridized carbons (Fsp3) is 0.524. The summed E-state index contributed by atoms with van der Waals surface area (Å²) in [7, 11) is 0. The third-order valence-electron chi connectivity index (χ3n) is 4.54. The fourth-order valence-electron chi connectivity index (χ4n) is 3.13. The lowest BCUT2D eigenvalue weighted by atomic mass is 10.1. The highest BCUT2D eigenvalue weighted by Gasteiger charge is 2.21. The van der Waals surface area contributed by atoms with E-state index in [-0.39, 0.29) is 48.1 Å². The van der Waals surface area contributed by atoms with Crippen LogP contribution in [-0.4, -0.2) is 16.6 Å². The molecule has 0 saturated heterocycles. The first-order valence-electron chi connectivity index (χ1n) is 9.34. The minimum absolute atomic E-state index is 0. The van der Waals surface area contributed by atoms with Crippen molar-refractivity contribution in [3.63, 3.8) is 0 Å². The molecule has 27 heavy (non-hydrogen) atoms. The van der Waals surface area contributed by atoms with Gasteiger partial charge in [-0.05, 0) is 50.6 Å². The van der Waals surface area contributed by atoms with Crippen LogP contribution in [0.5, 0.6) is 0 Å². The van der Waals surface area contributed by atoms with Crippen LogP contribution in [0.4, 0.5) is 0 Å². The summed E-state index contributed by atoms with van der Waals surface area (Å²) >= 11 is 0. The molecule has 1 heterocycles. The molecule has 2 aromatic rings. The number of pyridine rings is 1. The molecule has 0 N–H and O–H groups in total. The largest absolute Gasteiger partial charge is 0.459 e. The fourth-order valence-corrected chi connectivity index (χ4v) is 3.13. The number of esters is 1. The highest BCUT2D eigenvalue weighted by atomic mass is 35.5. The van der Waals surface area contributed by atoms with Gasteiger partial charge in [0.25, 0.3) is 5.56 Å². The van der Waals surface area contributed by atoms with Crippen LogP contribution in [0.2, 0.25) is 0 Å². The number of carbonyl (C=O) groups is 1. The maximum absolute atomic E-state index is 12.9. The van der Waals surface area contributed by atoms with E-state index in [1.54, 1.807) is 10.6 Å². The number of para-hydroxylation sites is 1. The highest BCUT2D eigenvalue weighted by Crippen LogP contribution is 2.19. The first-order valence-corrected chi connectivity index (χ1v) is 9.34. The molecule has 6 heteroatoms. The molecule has 0 radical (unpaired) electrons. The molecule has 0 amide bonds. The zero-order valence-electron chi connectivity index (χ0n) is 16.6. The molecule has 0 aliphatic rings. The summed E-state index contributed by atoms with van der Waals surface area (Å²) in [6, 6.07) is 9.27. The molecule has 0 saturated carbocycles. The monoisotopic (exact) mass is 415 g/mol. The predicted octanol–water partition coefficient (Wildman–Crippen LogP) is 5.94. The van der Waals surface area contributed by atoms with Crippen molar-refractivity contribution in [2.75, 3.05) is 0 Å². The van der Waals surface area contributed by atoms with Gasteiger partial charge in [0, 0.05) is 6.04 Å². The van der Waals surface area contributed by atoms with Gasteiger partial charge >= 0.3 is 5.97 Å². The van der Waals surface area contributed by atoms with Crippen LogP contribution < -0.4 is 5.56 Å². The third kappa shape index (κ3) is 6.25. The lowest BCUT2D eigenvalue weighted by Crippen LogP contribution is -2.30. The molecule has 1 unspecified atom stereocenters. The van der Waals surface area contributed by atoms with E-state index in [4.69, 9.17) is 4.74 Å². The number of ether oxygens (including phenoxy) is 1. The van der Waals surface area contributed by atoms with Crippen molar-refractivity contribution in [1.82, 2.24) is 4.57 Å². The molecule has 152 valence electrons. The Labute approximate surface area is 174 Å². The second-order valence-electron chi connectivity index (χ2n) is 6.82. The van der Waals surface area contributed by atoms with E-state index in [1.165, 1.54) is 0 Å². The van der Waals surface area contributed by atoms with Crippen LogP contribution in [0.25, 0.3) is 10.9 Å². The molecule has 0 spiro atoms. The molecule has 0 aliphatic heterocycles. The summed E-state index contributed by atoms with van der Waals surface area (Å²) in [6.07, 6.45) is 4.79. The van der Waals surface area contributed by atoms with Crippen LogP contribution in [0.1, 0.15) is 76.2 Å². The lowest BCUT2D eigenvalue weighted by Gasteiger charge is -2.18. The quantitative estimate of drug-likeness (QED) is 0.395. The minimum atomic E-state index is -0.506. The molecule has 2 rings (SSSR count). The standard InChI is InChI=1S/C21H29NO3.2ClH/c1-5-7-8-12-17(6-2)25-21(24)18-14-16-11-9-10-13-19(16)22(15(3)4)20(18)23;;/h9-11,13-15,17H,5-8,12H2,1-4H3;2*1H. The predicted molar refractivity (Wildman–Crippen MR) is 117 cm³/mol. The van der Waals surface area contributed by atoms with Gasteiger partial charge in [-0.2, -0.15) is 0 Å².